The first-order chi connectivity index (χ1) is 63.6. The molecule has 616 valence electrons. The average Bonchev–Trinajstić information content (AvgIpc) is 1.61. The molecule has 128 heavy (non-hydrogen) atoms. The predicted octanol–water partition coefficient (Wildman–Crippen LogP) is 28.8. The molecule has 0 aliphatic carbocycles. The number of benzene rings is 14. The lowest BCUT2D eigenvalue weighted by molar-refractivity contribution is -0.660. The monoisotopic (exact) mass is 1660 g/mol. The molecule has 0 bridgehead atoms. The van der Waals surface area contributed by atoms with Gasteiger partial charge in [0, 0.05) is 117 Å². The Kier molecular flexibility index (Phi) is 19.2. The zero-order valence-electron chi connectivity index (χ0n) is 76.3. The smallest absolute Gasteiger partial charge is 0.228 e. The number of hydrogen-bond acceptors (Lipinski definition) is 6. The van der Waals surface area contributed by atoms with Crippen molar-refractivity contribution >= 4 is 131 Å². The zero-order chi connectivity index (χ0) is 89.8. The van der Waals surface area contributed by atoms with Crippen molar-refractivity contribution in [3.63, 3.8) is 0 Å². The van der Waals surface area contributed by atoms with E-state index >= 15 is 0 Å². The fourth-order valence-electron chi connectivity index (χ4n) is 19.2. The maximum Gasteiger partial charge on any atom is 0.228 e. The molecule has 10 heterocycles. The number of aromatic nitrogens is 6. The van der Waals surface area contributed by atoms with Gasteiger partial charge in [0.25, 0.3) is 0 Å². The molecule has 0 amide bonds. The van der Waals surface area contributed by atoms with Crippen LogP contribution in [0.2, 0.25) is 0 Å². The maximum absolute atomic E-state index is 8.13. The van der Waals surface area contributed by atoms with Gasteiger partial charge in [0.05, 0.1) is 21.9 Å². The molecule has 0 atom stereocenters. The van der Waals surface area contributed by atoms with Crippen LogP contribution < -0.4 is 18.3 Å². The Morgan fingerprint density at radius 3 is 0.969 bits per heavy atom. The Labute approximate surface area is 746 Å². The minimum atomic E-state index is -2.23. The third kappa shape index (κ3) is 14.2. The number of fused-ring (bicyclic) bond motifs is 20. The van der Waals surface area contributed by atoms with Crippen molar-refractivity contribution in [1.29, 1.82) is 0 Å². The minimum absolute atomic E-state index is 0.327. The highest BCUT2D eigenvalue weighted by Gasteiger charge is 2.27. The molecule has 0 N–H and O–H groups in total. The molecule has 10 nitrogen and oxygen atoms in total. The molecule has 24 aromatic rings. The summed E-state index contributed by atoms with van der Waals surface area (Å²) in [6.45, 7) is 12.6. The number of furan rings is 4. The molecule has 0 unspecified atom stereocenters. The summed E-state index contributed by atoms with van der Waals surface area (Å²) >= 11 is 0. The predicted molar refractivity (Wildman–Crippen MR) is 527 cm³/mol. The average molecular weight is 1660 g/mol. The van der Waals surface area contributed by atoms with Crippen molar-refractivity contribution in [1.82, 2.24) is 9.97 Å². The Morgan fingerprint density at radius 2 is 0.555 bits per heavy atom. The zero-order valence-corrected chi connectivity index (χ0v) is 73.3. The topological polar surface area (TPSA) is 93.9 Å². The summed E-state index contributed by atoms with van der Waals surface area (Å²) in [6, 6.07) is 114. The fraction of sp³-hybridized carbons (Fsp3) is 0.102. The third-order valence-electron chi connectivity index (χ3n) is 25.7. The van der Waals surface area contributed by atoms with Crippen LogP contribution in [0.3, 0.4) is 0 Å². The molecule has 10 aromatic heterocycles. The highest BCUT2D eigenvalue weighted by atomic mass is 16.3. The molecule has 14 aromatic carbocycles. The molecular weight excluding hydrogens is 1570 g/mol. The Hall–Kier alpha value is -15.8. The van der Waals surface area contributed by atoms with E-state index in [1.807, 2.05) is 80.1 Å². The number of rotatable bonds is 8. The van der Waals surface area contributed by atoms with Gasteiger partial charge in [-0.25, -0.2) is 28.2 Å². The number of nitrogens with zero attached hydrogens (tertiary/aromatic N) is 6. The standard InChI is InChI=1S/C30H25N2O.C30H24NO.C29H23N2O.C29H22NO/c1-18-14-26-28(33-30-29(26)23-13-9-8-12-22(23)20(3)31-30)16-25(18)27-15-24(19(2)17-32(27)4)21-10-6-5-7-11-21;1-19-15-29-26(30-23-12-8-7-11-22(23)13-14-28(30)32-29)16-25(19)27-17-24(20(2)18-31(27)3)21-9-5-4-6-10-21;1-18-15-25-27(32-29-28(25)23-12-8-7-11-22(23)19(2)30-29)17-24(18)26-16-21(13-14-31(26)3)20-9-5-4-6-10-20;1-19-16-28-25(29-23-11-7-6-10-21(23)12-13-27(29)31-28)18-24(19)26-17-22(14-15-30(26)2)20-8-4-3-5-9-20/h5-17H,1-4H3;4-18H,1-3H3;4-17H,1-3H3;3-18H,1-2H3/q4*+1/i2D3;;;. The van der Waals surface area contributed by atoms with Crippen LogP contribution in [0.1, 0.15) is 48.9 Å². The molecule has 0 spiro atoms. The van der Waals surface area contributed by atoms with E-state index in [-0.39, 0.29) is 0 Å². The van der Waals surface area contributed by atoms with Crippen molar-refractivity contribution in [3.8, 4) is 89.5 Å². The van der Waals surface area contributed by atoms with Gasteiger partial charge in [0.2, 0.25) is 34.2 Å². The van der Waals surface area contributed by atoms with Gasteiger partial charge in [0.15, 0.2) is 24.8 Å². The number of pyridine rings is 6. The first-order valence-corrected chi connectivity index (χ1v) is 43.5. The van der Waals surface area contributed by atoms with Crippen molar-refractivity contribution in [2.45, 2.75) is 55.3 Å². The third-order valence-corrected chi connectivity index (χ3v) is 25.7. The summed E-state index contributed by atoms with van der Waals surface area (Å²) in [6.07, 6.45) is 8.22. The normalized spacial score (nSPS) is 12.0. The van der Waals surface area contributed by atoms with Gasteiger partial charge in [-0.3, -0.25) is 0 Å². The van der Waals surface area contributed by atoms with Crippen LogP contribution >= 0.6 is 0 Å². The van der Waals surface area contributed by atoms with Crippen molar-refractivity contribution in [2.24, 2.45) is 28.2 Å². The van der Waals surface area contributed by atoms with Crippen LogP contribution in [0.4, 0.5) is 0 Å². The van der Waals surface area contributed by atoms with E-state index < -0.39 is 6.85 Å². The van der Waals surface area contributed by atoms with E-state index in [4.69, 9.17) is 31.7 Å². The fourth-order valence-corrected chi connectivity index (χ4v) is 19.2. The van der Waals surface area contributed by atoms with Crippen LogP contribution in [-0.2, 0) is 28.2 Å². The molecule has 24 rings (SSSR count). The molecule has 0 aliphatic rings. The molecular formula is C118H94N6O4+4. The lowest BCUT2D eigenvalue weighted by Gasteiger charge is -2.10. The van der Waals surface area contributed by atoms with Crippen LogP contribution in [0, 0.1) is 55.3 Å². The summed E-state index contributed by atoms with van der Waals surface area (Å²) in [5, 5.41) is 18.5. The minimum Gasteiger partial charge on any atom is -0.456 e. The van der Waals surface area contributed by atoms with Crippen LogP contribution in [0.15, 0.2) is 370 Å². The van der Waals surface area contributed by atoms with E-state index in [2.05, 4.69) is 361 Å². The molecule has 0 saturated carbocycles. The van der Waals surface area contributed by atoms with E-state index in [0.29, 0.717) is 22.6 Å². The quantitative estimate of drug-likeness (QED) is 0.141. The summed E-state index contributed by atoms with van der Waals surface area (Å²) < 4.78 is 58.0. The Bertz CT molecular complexity index is 8710. The van der Waals surface area contributed by atoms with Crippen molar-refractivity contribution < 1.29 is 40.0 Å². The van der Waals surface area contributed by atoms with Gasteiger partial charge < -0.3 is 17.7 Å². The van der Waals surface area contributed by atoms with Crippen LogP contribution in [0.5, 0.6) is 0 Å². The largest absolute Gasteiger partial charge is 0.456 e. The van der Waals surface area contributed by atoms with Gasteiger partial charge in [-0.15, -0.1) is 0 Å². The molecule has 0 fully saturated rings. The maximum atomic E-state index is 8.13. The van der Waals surface area contributed by atoms with Gasteiger partial charge in [0.1, 0.15) is 61.7 Å². The summed E-state index contributed by atoms with van der Waals surface area (Å²) in [4.78, 5) is 9.52. The second-order valence-electron chi connectivity index (χ2n) is 34.0. The van der Waals surface area contributed by atoms with Crippen LogP contribution in [0.25, 0.3) is 221 Å². The lowest BCUT2D eigenvalue weighted by Crippen LogP contribution is -2.31. The molecule has 10 heteroatoms. The Balaban J connectivity index is 0.000000106. The SMILES string of the molecule is Cc1c[n+](C)c(-c2cc3c(cc2C)oc2ccc4ccccc4c23)cc1-c1ccccc1.Cc1cc2c(cc1-c1cc(-c3ccccc3)cc[n+]1C)oc1nc(C)c3ccccc3c12.Cc1cc2oc3ccc4ccccc4c3c2cc1-c1cc(-c2ccccc2)cc[n+]1C.[2H]C([2H])([2H])c1c[n+](C)c(-c2cc3oc4nc(C)c5ccccc5c4c3cc2C)cc1-c1ccccc1. The van der Waals surface area contributed by atoms with Crippen LogP contribution in [-0.4, -0.2) is 9.97 Å². The summed E-state index contributed by atoms with van der Waals surface area (Å²) in [5.41, 5.74) is 32.9. The van der Waals surface area contributed by atoms with E-state index in [9.17, 15) is 0 Å². The van der Waals surface area contributed by atoms with Crippen molar-refractivity contribution in [2.75, 3.05) is 0 Å². The number of hydrogen-bond donors (Lipinski definition) is 0. The second kappa shape index (κ2) is 32.4. The summed E-state index contributed by atoms with van der Waals surface area (Å²) in [5.74, 6) is 0. The van der Waals surface area contributed by atoms with E-state index in [0.717, 1.165) is 116 Å². The number of aryl methyl sites for hydroxylation is 12. The Morgan fingerprint density at radius 1 is 0.227 bits per heavy atom. The van der Waals surface area contributed by atoms with E-state index in [1.165, 1.54) is 127 Å². The lowest BCUT2D eigenvalue weighted by atomic mass is 9.95. The van der Waals surface area contributed by atoms with Gasteiger partial charge in [-0.1, -0.05) is 231 Å². The van der Waals surface area contributed by atoms with E-state index in [1.54, 1.807) is 6.20 Å². The molecule has 0 radical (unpaired) electrons. The molecule has 0 saturated heterocycles. The van der Waals surface area contributed by atoms with Gasteiger partial charge in [-0.2, -0.15) is 0 Å². The van der Waals surface area contributed by atoms with Crippen molar-refractivity contribution in [3.05, 3.63) is 397 Å². The van der Waals surface area contributed by atoms with Gasteiger partial charge >= 0.3 is 0 Å². The van der Waals surface area contributed by atoms with Gasteiger partial charge in [-0.05, 0) is 215 Å². The first kappa shape index (κ1) is 75.9. The highest BCUT2D eigenvalue weighted by Crippen LogP contribution is 2.45. The highest BCUT2D eigenvalue weighted by molar-refractivity contribution is 6.23. The molecule has 0 aliphatic heterocycles. The first-order valence-electron chi connectivity index (χ1n) is 45.0. The summed E-state index contributed by atoms with van der Waals surface area (Å²) in [7, 11) is 8.21. The second-order valence-corrected chi connectivity index (χ2v) is 34.0.